The van der Waals surface area contributed by atoms with Crippen LogP contribution in [-0.2, 0) is 0 Å². The van der Waals surface area contributed by atoms with E-state index >= 15 is 0 Å². The van der Waals surface area contributed by atoms with Crippen LogP contribution in [0.3, 0.4) is 0 Å². The van der Waals surface area contributed by atoms with Gasteiger partial charge in [0.25, 0.3) is 0 Å². The highest BCUT2D eigenvalue weighted by Crippen LogP contribution is 2.31. The lowest BCUT2D eigenvalue weighted by molar-refractivity contribution is 0.253. The normalized spacial score (nSPS) is 15.4. The number of unbranched alkanes of at least 4 members (excludes halogenated alkanes) is 1. The third kappa shape index (κ3) is 4.74. The van der Waals surface area contributed by atoms with E-state index in [2.05, 4.69) is 26.7 Å². The highest BCUT2D eigenvalue weighted by atomic mass is 35.5. The molecule has 0 amide bonds. The number of piperazine rings is 1. The van der Waals surface area contributed by atoms with Gasteiger partial charge in [0, 0.05) is 31.2 Å². The highest BCUT2D eigenvalue weighted by molar-refractivity contribution is 6.30. The summed E-state index contributed by atoms with van der Waals surface area (Å²) >= 11 is 5.93. The number of ether oxygens (including phenoxy) is 1. The Morgan fingerprint density at radius 2 is 1.88 bits per heavy atom. The number of halogens is 1. The second-order valence-electron chi connectivity index (χ2n) is 6.15. The molecule has 0 aliphatic carbocycles. The molecule has 1 aromatic carbocycles. The van der Waals surface area contributed by atoms with Crippen molar-refractivity contribution < 1.29 is 4.74 Å². The first-order chi connectivity index (χ1) is 12.2. The molecule has 1 fully saturated rings. The molecular weight excluding hydrogens is 338 g/mol. The van der Waals surface area contributed by atoms with Gasteiger partial charge in [0.05, 0.1) is 6.20 Å². The van der Waals surface area contributed by atoms with Crippen molar-refractivity contribution in [2.75, 3.05) is 43.4 Å². The van der Waals surface area contributed by atoms with E-state index in [9.17, 15) is 0 Å². The molecule has 25 heavy (non-hydrogen) atoms. The molecule has 1 saturated heterocycles. The van der Waals surface area contributed by atoms with Gasteiger partial charge in [0.15, 0.2) is 11.6 Å². The molecule has 0 radical (unpaired) electrons. The summed E-state index contributed by atoms with van der Waals surface area (Å²) in [5.41, 5.74) is 5.81. The van der Waals surface area contributed by atoms with E-state index in [4.69, 9.17) is 22.1 Å². The van der Waals surface area contributed by atoms with Gasteiger partial charge in [-0.25, -0.2) is 4.98 Å². The van der Waals surface area contributed by atoms with Crippen LogP contribution in [0.1, 0.15) is 19.8 Å². The minimum absolute atomic E-state index is 0.256. The second kappa shape index (κ2) is 8.36. The summed E-state index contributed by atoms with van der Waals surface area (Å²) in [6.07, 6.45) is 4.10. The summed E-state index contributed by atoms with van der Waals surface area (Å²) in [4.78, 5) is 13.2. The number of nitrogens with zero attached hydrogens (tertiary/aromatic N) is 4. The molecule has 0 bridgehead atoms. The summed E-state index contributed by atoms with van der Waals surface area (Å²) in [6, 6.07) is 7.23. The predicted octanol–water partition coefficient (Wildman–Crippen LogP) is 3.43. The maximum absolute atomic E-state index is 5.97. The van der Waals surface area contributed by atoms with Gasteiger partial charge in [0.1, 0.15) is 5.75 Å². The van der Waals surface area contributed by atoms with Gasteiger partial charge >= 0.3 is 0 Å². The Bertz CT molecular complexity index is 686. The zero-order chi connectivity index (χ0) is 17.6. The third-order valence-electron chi connectivity index (χ3n) is 4.30. The van der Waals surface area contributed by atoms with Crippen molar-refractivity contribution in [3.05, 3.63) is 35.5 Å². The highest BCUT2D eigenvalue weighted by Gasteiger charge is 2.21. The van der Waals surface area contributed by atoms with Crippen LogP contribution in [-0.4, -0.2) is 47.6 Å². The molecule has 0 spiro atoms. The van der Waals surface area contributed by atoms with Gasteiger partial charge in [-0.1, -0.05) is 24.9 Å². The Hall–Kier alpha value is -2.05. The van der Waals surface area contributed by atoms with E-state index in [0.29, 0.717) is 16.5 Å². The van der Waals surface area contributed by atoms with Crippen molar-refractivity contribution in [3.63, 3.8) is 0 Å². The van der Waals surface area contributed by atoms with Crippen LogP contribution < -0.4 is 15.4 Å². The Kier molecular flexibility index (Phi) is 5.94. The van der Waals surface area contributed by atoms with Gasteiger partial charge in [-0.15, -0.1) is 0 Å². The third-order valence-corrected chi connectivity index (χ3v) is 4.55. The second-order valence-corrected chi connectivity index (χ2v) is 6.59. The predicted molar refractivity (Wildman–Crippen MR) is 102 cm³/mol. The van der Waals surface area contributed by atoms with Crippen molar-refractivity contribution >= 4 is 23.4 Å². The molecular formula is C18H24ClN5O. The molecule has 6 nitrogen and oxygen atoms in total. The van der Waals surface area contributed by atoms with Gasteiger partial charge in [-0.2, -0.15) is 4.98 Å². The molecule has 0 unspecified atom stereocenters. The quantitative estimate of drug-likeness (QED) is 0.850. The molecule has 1 aliphatic heterocycles. The maximum atomic E-state index is 5.97. The van der Waals surface area contributed by atoms with Crippen LogP contribution >= 0.6 is 11.6 Å². The fourth-order valence-corrected chi connectivity index (χ4v) is 2.99. The molecule has 0 saturated carbocycles. The smallest absolute Gasteiger partial charge is 0.222 e. The van der Waals surface area contributed by atoms with E-state index in [1.54, 1.807) is 18.3 Å². The van der Waals surface area contributed by atoms with Crippen molar-refractivity contribution in [2.45, 2.75) is 19.8 Å². The number of hydrogen-bond donors (Lipinski definition) is 1. The number of benzene rings is 1. The summed E-state index contributed by atoms with van der Waals surface area (Å²) in [5, 5.41) is 0.671. The van der Waals surface area contributed by atoms with Gasteiger partial charge in [0.2, 0.25) is 5.95 Å². The van der Waals surface area contributed by atoms with Crippen LogP contribution in [0.15, 0.2) is 30.5 Å². The van der Waals surface area contributed by atoms with Gasteiger partial charge in [-0.05, 0) is 37.2 Å². The fraction of sp³-hybridized carbons (Fsp3) is 0.444. The number of nitrogen functional groups attached to an aromatic ring is 1. The van der Waals surface area contributed by atoms with Crippen LogP contribution in [0.25, 0.3) is 0 Å². The lowest BCUT2D eigenvalue weighted by Gasteiger charge is -2.35. The summed E-state index contributed by atoms with van der Waals surface area (Å²) < 4.78 is 5.97. The zero-order valence-corrected chi connectivity index (χ0v) is 15.2. The lowest BCUT2D eigenvalue weighted by Crippen LogP contribution is -2.47. The van der Waals surface area contributed by atoms with E-state index in [1.807, 2.05) is 12.1 Å². The van der Waals surface area contributed by atoms with Crippen LogP contribution in [0, 0.1) is 0 Å². The average Bonchev–Trinajstić information content (AvgIpc) is 2.64. The van der Waals surface area contributed by atoms with Crippen molar-refractivity contribution in [2.24, 2.45) is 0 Å². The van der Waals surface area contributed by atoms with E-state index in [-0.39, 0.29) is 5.95 Å². The van der Waals surface area contributed by atoms with Crippen molar-refractivity contribution in [1.29, 1.82) is 0 Å². The zero-order valence-electron chi connectivity index (χ0n) is 14.5. The molecule has 1 aromatic heterocycles. The Morgan fingerprint density at radius 3 is 2.56 bits per heavy atom. The number of aromatic nitrogens is 2. The number of nitrogens with two attached hydrogens (primary N) is 1. The summed E-state index contributed by atoms with van der Waals surface area (Å²) in [7, 11) is 0. The largest absolute Gasteiger partial charge is 0.452 e. The number of rotatable bonds is 6. The Balaban J connectivity index is 1.72. The standard InChI is InChI=1S/C18H24ClN5O/c1-2-3-8-23-9-11-24(12-10-23)17-16(13-21-18(20)22-17)25-15-6-4-14(19)5-7-15/h4-7,13H,2-3,8-12H2,1H3,(H2,20,21,22). The number of hydrogen-bond acceptors (Lipinski definition) is 6. The average molecular weight is 362 g/mol. The topological polar surface area (TPSA) is 67.5 Å². The summed E-state index contributed by atoms with van der Waals surface area (Å²) in [6.45, 7) is 7.22. The minimum Gasteiger partial charge on any atom is -0.452 e. The first-order valence-corrected chi connectivity index (χ1v) is 9.06. The molecule has 134 valence electrons. The molecule has 2 N–H and O–H groups in total. The monoisotopic (exact) mass is 361 g/mol. The minimum atomic E-state index is 0.256. The molecule has 0 atom stereocenters. The van der Waals surface area contributed by atoms with E-state index in [0.717, 1.165) is 38.5 Å². The molecule has 3 rings (SSSR count). The van der Waals surface area contributed by atoms with E-state index < -0.39 is 0 Å². The Labute approximate surface area is 153 Å². The molecule has 1 aliphatic rings. The molecule has 2 aromatic rings. The van der Waals surface area contributed by atoms with Gasteiger partial charge in [-0.3, -0.25) is 4.90 Å². The van der Waals surface area contributed by atoms with Gasteiger partial charge < -0.3 is 15.4 Å². The van der Waals surface area contributed by atoms with Crippen molar-refractivity contribution in [3.8, 4) is 11.5 Å². The summed E-state index contributed by atoms with van der Waals surface area (Å²) in [5.74, 6) is 2.31. The van der Waals surface area contributed by atoms with Crippen LogP contribution in [0.2, 0.25) is 5.02 Å². The number of anilines is 2. The molecule has 2 heterocycles. The van der Waals surface area contributed by atoms with Crippen LogP contribution in [0.5, 0.6) is 11.5 Å². The van der Waals surface area contributed by atoms with E-state index in [1.165, 1.54) is 12.8 Å². The Morgan fingerprint density at radius 1 is 1.16 bits per heavy atom. The first kappa shape index (κ1) is 17.8. The lowest BCUT2D eigenvalue weighted by atomic mass is 10.2. The maximum Gasteiger partial charge on any atom is 0.222 e. The van der Waals surface area contributed by atoms with Crippen LogP contribution in [0.4, 0.5) is 11.8 Å². The fourth-order valence-electron chi connectivity index (χ4n) is 2.87. The first-order valence-electron chi connectivity index (χ1n) is 8.69. The molecule has 7 heteroatoms. The van der Waals surface area contributed by atoms with Crippen molar-refractivity contribution in [1.82, 2.24) is 14.9 Å². The SMILES string of the molecule is CCCCN1CCN(c2nc(N)ncc2Oc2ccc(Cl)cc2)CC1.